The largest absolute Gasteiger partial charge is 0.573 e. The lowest BCUT2D eigenvalue weighted by atomic mass is 9.84. The molecule has 3 atom stereocenters. The van der Waals surface area contributed by atoms with Crippen molar-refractivity contribution >= 4 is 17.7 Å². The zero-order valence-electron chi connectivity index (χ0n) is 19.9. The van der Waals surface area contributed by atoms with E-state index in [1.54, 1.807) is 6.92 Å². The summed E-state index contributed by atoms with van der Waals surface area (Å²) < 4.78 is 51.4. The highest BCUT2D eigenvalue weighted by atomic mass is 19.4. The molecule has 0 unspecified atom stereocenters. The second kappa shape index (κ2) is 12.9. The van der Waals surface area contributed by atoms with Gasteiger partial charge in [-0.2, -0.15) is 0 Å². The van der Waals surface area contributed by atoms with Crippen LogP contribution in [0.3, 0.4) is 0 Å². The van der Waals surface area contributed by atoms with Crippen LogP contribution in [0.1, 0.15) is 51.9 Å². The van der Waals surface area contributed by atoms with E-state index in [1.165, 1.54) is 30.7 Å². The van der Waals surface area contributed by atoms with Gasteiger partial charge in [0.1, 0.15) is 17.9 Å². The summed E-state index contributed by atoms with van der Waals surface area (Å²) >= 11 is 0. The Hall–Kier alpha value is -2.69. The smallest absolute Gasteiger partial charge is 0.444 e. The number of alkyl halides is 3. The standard InChI is InChI=1S/C24H34F3N3O5/c1-16(14-28-18-7-9-19(10-8-18)35-24(25,26)27)29-22(31)21(13-17-5-3-2-4-6-17)30-23(32)34-20-11-12-33-15-20/h7-10,16-17,20-21,28H,2-6,11-15H2,1H3,(H,29,31)(H,30,32)/t16-,20-,21-/m0/s1. The molecule has 0 radical (unpaired) electrons. The van der Waals surface area contributed by atoms with Crippen LogP contribution in [0.2, 0.25) is 0 Å². The van der Waals surface area contributed by atoms with E-state index < -0.39 is 18.5 Å². The minimum absolute atomic E-state index is 0.293. The molecule has 35 heavy (non-hydrogen) atoms. The van der Waals surface area contributed by atoms with Crippen LogP contribution in [0.5, 0.6) is 5.75 Å². The van der Waals surface area contributed by atoms with Gasteiger partial charge in [0, 0.05) is 24.7 Å². The number of hydrogen-bond donors (Lipinski definition) is 3. The minimum Gasteiger partial charge on any atom is -0.444 e. The second-order valence-corrected chi connectivity index (χ2v) is 9.19. The predicted molar refractivity (Wildman–Crippen MR) is 123 cm³/mol. The molecular formula is C24H34F3N3O5. The maximum absolute atomic E-state index is 13.0. The fraction of sp³-hybridized carbons (Fsp3) is 0.667. The molecule has 11 heteroatoms. The Bertz CT molecular complexity index is 810. The van der Waals surface area contributed by atoms with Gasteiger partial charge in [0.25, 0.3) is 0 Å². The Morgan fingerprint density at radius 2 is 1.80 bits per heavy atom. The third-order valence-corrected chi connectivity index (χ3v) is 6.15. The molecule has 1 aromatic carbocycles. The summed E-state index contributed by atoms with van der Waals surface area (Å²) in [5, 5.41) is 8.72. The number of carbonyl (C=O) groups excluding carboxylic acids is 2. The van der Waals surface area contributed by atoms with E-state index >= 15 is 0 Å². The molecular weight excluding hydrogens is 467 g/mol. The van der Waals surface area contributed by atoms with Crippen molar-refractivity contribution in [3.05, 3.63) is 24.3 Å². The highest BCUT2D eigenvalue weighted by Gasteiger charge is 2.31. The number of amides is 2. The molecule has 1 saturated carbocycles. The molecule has 2 amide bonds. The van der Waals surface area contributed by atoms with E-state index in [2.05, 4.69) is 20.7 Å². The van der Waals surface area contributed by atoms with Gasteiger partial charge in [-0.1, -0.05) is 32.1 Å². The fourth-order valence-corrected chi connectivity index (χ4v) is 4.36. The third kappa shape index (κ3) is 9.83. The zero-order valence-corrected chi connectivity index (χ0v) is 19.9. The number of benzene rings is 1. The summed E-state index contributed by atoms with van der Waals surface area (Å²) in [5.41, 5.74) is 0.583. The van der Waals surface area contributed by atoms with Gasteiger partial charge in [-0.25, -0.2) is 4.79 Å². The monoisotopic (exact) mass is 501 g/mol. The zero-order chi connectivity index (χ0) is 25.3. The van der Waals surface area contributed by atoms with Crippen LogP contribution < -0.4 is 20.7 Å². The molecule has 1 aliphatic carbocycles. The van der Waals surface area contributed by atoms with Crippen molar-refractivity contribution in [2.45, 2.75) is 76.4 Å². The minimum atomic E-state index is -4.74. The van der Waals surface area contributed by atoms with Crippen molar-refractivity contribution in [1.82, 2.24) is 10.6 Å². The first-order valence-corrected chi connectivity index (χ1v) is 12.1. The molecule has 1 heterocycles. The van der Waals surface area contributed by atoms with Crippen LogP contribution in [0.15, 0.2) is 24.3 Å². The average molecular weight is 502 g/mol. The van der Waals surface area contributed by atoms with Gasteiger partial charge in [-0.05, 0) is 43.5 Å². The van der Waals surface area contributed by atoms with Gasteiger partial charge in [0.15, 0.2) is 0 Å². The van der Waals surface area contributed by atoms with Crippen molar-refractivity contribution in [3.63, 3.8) is 0 Å². The maximum atomic E-state index is 13.0. The van der Waals surface area contributed by atoms with E-state index in [4.69, 9.17) is 9.47 Å². The number of anilines is 1. The maximum Gasteiger partial charge on any atom is 0.573 e. The van der Waals surface area contributed by atoms with Crippen LogP contribution >= 0.6 is 0 Å². The predicted octanol–water partition coefficient (Wildman–Crippen LogP) is 4.36. The molecule has 0 aromatic heterocycles. The number of carbonyl (C=O) groups is 2. The number of rotatable bonds is 10. The summed E-state index contributed by atoms with van der Waals surface area (Å²) in [6.07, 6.45) is 1.01. The quantitative estimate of drug-likeness (QED) is 0.441. The lowest BCUT2D eigenvalue weighted by Crippen LogP contribution is -2.51. The Labute approximate surface area is 203 Å². The molecule has 3 N–H and O–H groups in total. The van der Waals surface area contributed by atoms with Crippen LogP contribution in [-0.4, -0.2) is 56.3 Å². The lowest BCUT2D eigenvalue weighted by molar-refractivity contribution is -0.274. The van der Waals surface area contributed by atoms with Crippen molar-refractivity contribution in [2.24, 2.45) is 5.92 Å². The summed E-state index contributed by atoms with van der Waals surface area (Å²) in [6, 6.07) is 4.34. The molecule has 196 valence electrons. The average Bonchev–Trinajstić information content (AvgIpc) is 3.31. The fourth-order valence-electron chi connectivity index (χ4n) is 4.36. The van der Waals surface area contributed by atoms with Crippen molar-refractivity contribution < 1.29 is 37.0 Å². The van der Waals surface area contributed by atoms with Crippen LogP contribution in [-0.2, 0) is 14.3 Å². The number of alkyl carbamates (subject to hydrolysis) is 1. The summed E-state index contributed by atoms with van der Waals surface area (Å²) in [7, 11) is 0. The third-order valence-electron chi connectivity index (χ3n) is 6.15. The van der Waals surface area contributed by atoms with Gasteiger partial charge in [0.2, 0.25) is 5.91 Å². The van der Waals surface area contributed by atoms with Gasteiger partial charge in [0.05, 0.1) is 13.2 Å². The molecule has 2 fully saturated rings. The molecule has 1 aliphatic heterocycles. The van der Waals surface area contributed by atoms with E-state index in [9.17, 15) is 22.8 Å². The van der Waals surface area contributed by atoms with Crippen molar-refractivity contribution in [2.75, 3.05) is 25.1 Å². The molecule has 3 rings (SSSR count). The highest BCUT2D eigenvalue weighted by Crippen LogP contribution is 2.28. The molecule has 0 bridgehead atoms. The summed E-state index contributed by atoms with van der Waals surface area (Å²) in [6.45, 7) is 3.05. The molecule has 1 saturated heterocycles. The van der Waals surface area contributed by atoms with Gasteiger partial charge in [-0.3, -0.25) is 4.79 Å². The van der Waals surface area contributed by atoms with Gasteiger partial charge in [-0.15, -0.1) is 13.2 Å². The summed E-state index contributed by atoms with van der Waals surface area (Å²) in [4.78, 5) is 25.4. The van der Waals surface area contributed by atoms with E-state index in [-0.39, 0.29) is 23.8 Å². The first-order chi connectivity index (χ1) is 16.7. The highest BCUT2D eigenvalue weighted by molar-refractivity contribution is 5.85. The van der Waals surface area contributed by atoms with E-state index in [0.29, 0.717) is 44.2 Å². The topological polar surface area (TPSA) is 97.9 Å². The van der Waals surface area contributed by atoms with Gasteiger partial charge < -0.3 is 30.2 Å². The molecule has 2 aliphatic rings. The lowest BCUT2D eigenvalue weighted by Gasteiger charge is -2.28. The first-order valence-electron chi connectivity index (χ1n) is 12.1. The molecule has 0 spiro atoms. The Kier molecular flexibility index (Phi) is 9.88. The summed E-state index contributed by atoms with van der Waals surface area (Å²) in [5.74, 6) is -0.240. The van der Waals surface area contributed by atoms with Crippen molar-refractivity contribution in [1.29, 1.82) is 0 Å². The number of hydrogen-bond acceptors (Lipinski definition) is 6. The SMILES string of the molecule is C[C@@H](CNc1ccc(OC(F)(F)F)cc1)NC(=O)[C@H](CC1CCCCC1)NC(=O)O[C@H]1CCOC1. The Morgan fingerprint density at radius 1 is 1.09 bits per heavy atom. The second-order valence-electron chi connectivity index (χ2n) is 9.19. The first kappa shape index (κ1) is 26.9. The number of ether oxygens (including phenoxy) is 3. The van der Waals surface area contributed by atoms with Crippen LogP contribution in [0.25, 0.3) is 0 Å². The van der Waals surface area contributed by atoms with E-state index in [1.807, 2.05) is 0 Å². The normalized spacial score (nSPS) is 20.5. The van der Waals surface area contributed by atoms with Gasteiger partial charge >= 0.3 is 12.5 Å². The van der Waals surface area contributed by atoms with Crippen molar-refractivity contribution in [3.8, 4) is 5.75 Å². The Morgan fingerprint density at radius 3 is 2.43 bits per heavy atom. The van der Waals surface area contributed by atoms with E-state index in [0.717, 1.165) is 25.7 Å². The molecule has 1 aromatic rings. The molecule has 8 nitrogen and oxygen atoms in total. The number of halogens is 3. The number of nitrogens with one attached hydrogen (secondary N) is 3. The van der Waals surface area contributed by atoms with Crippen LogP contribution in [0.4, 0.5) is 23.7 Å². The van der Waals surface area contributed by atoms with Crippen LogP contribution in [0, 0.1) is 5.92 Å². The Balaban J connectivity index is 1.50.